The van der Waals surface area contributed by atoms with Crippen LogP contribution in [0.4, 0.5) is 10.2 Å². The van der Waals surface area contributed by atoms with Crippen molar-refractivity contribution in [2.45, 2.75) is 26.4 Å². The zero-order valence-electron chi connectivity index (χ0n) is 14.4. The molecule has 0 amide bonds. The van der Waals surface area contributed by atoms with Crippen LogP contribution in [0.2, 0.25) is 0 Å². The van der Waals surface area contributed by atoms with Crippen LogP contribution in [0.3, 0.4) is 0 Å². The molecule has 0 spiro atoms. The van der Waals surface area contributed by atoms with Crippen molar-refractivity contribution in [1.82, 2.24) is 15.0 Å². The lowest BCUT2D eigenvalue weighted by Crippen LogP contribution is -2.30. The summed E-state index contributed by atoms with van der Waals surface area (Å²) in [6.45, 7) is 4.82. The average Bonchev–Trinajstić information content (AvgIpc) is 3.11. The highest BCUT2D eigenvalue weighted by molar-refractivity contribution is 5.75. The highest BCUT2D eigenvalue weighted by atomic mass is 19.1. The summed E-state index contributed by atoms with van der Waals surface area (Å²) >= 11 is 0. The quantitative estimate of drug-likeness (QED) is 0.777. The lowest BCUT2D eigenvalue weighted by atomic mass is 10.0. The molecule has 1 aliphatic heterocycles. The Kier molecular flexibility index (Phi) is 5.21. The molecule has 1 fully saturated rings. The molecule has 3 rings (SSSR count). The molecule has 0 aromatic carbocycles. The zero-order chi connectivity index (χ0) is 17.8. The van der Waals surface area contributed by atoms with Crippen LogP contribution >= 0.6 is 0 Å². The summed E-state index contributed by atoms with van der Waals surface area (Å²) in [4.78, 5) is 26.9. The molecule has 0 aliphatic carbocycles. The van der Waals surface area contributed by atoms with E-state index in [4.69, 9.17) is 4.74 Å². The van der Waals surface area contributed by atoms with Crippen molar-refractivity contribution < 1.29 is 13.9 Å². The van der Waals surface area contributed by atoms with Crippen molar-refractivity contribution in [3.8, 4) is 11.5 Å². The van der Waals surface area contributed by atoms with Crippen molar-refractivity contribution in [3.05, 3.63) is 36.2 Å². The van der Waals surface area contributed by atoms with E-state index in [1.165, 1.54) is 0 Å². The fraction of sp³-hybridized carbons (Fsp3) is 0.444. The number of carbonyl (C=O) groups is 1. The van der Waals surface area contributed by atoms with Crippen molar-refractivity contribution >= 4 is 11.8 Å². The van der Waals surface area contributed by atoms with Gasteiger partial charge in [-0.25, -0.2) is 19.2 Å². The van der Waals surface area contributed by atoms with Crippen molar-refractivity contribution in [1.29, 1.82) is 0 Å². The highest BCUT2D eigenvalue weighted by Crippen LogP contribution is 2.28. The van der Waals surface area contributed by atoms with Crippen molar-refractivity contribution in [3.63, 3.8) is 0 Å². The van der Waals surface area contributed by atoms with Gasteiger partial charge >= 0.3 is 5.97 Å². The second-order valence-electron chi connectivity index (χ2n) is 6.05. The van der Waals surface area contributed by atoms with Crippen LogP contribution in [-0.4, -0.2) is 46.8 Å². The Labute approximate surface area is 146 Å². The summed E-state index contributed by atoms with van der Waals surface area (Å²) in [7, 11) is 0. The number of carbonyl (C=O) groups excluding carboxylic acids is 1. The minimum atomic E-state index is -1.59. The maximum atomic E-state index is 14.3. The van der Waals surface area contributed by atoms with Crippen LogP contribution in [0.5, 0.6) is 0 Å². The Morgan fingerprint density at radius 2 is 2.28 bits per heavy atom. The average molecular weight is 344 g/mol. The Morgan fingerprint density at radius 1 is 1.44 bits per heavy atom. The number of alkyl halides is 1. The zero-order valence-corrected chi connectivity index (χ0v) is 14.4. The van der Waals surface area contributed by atoms with E-state index < -0.39 is 12.1 Å². The smallest absolute Gasteiger partial charge is 0.341 e. The summed E-state index contributed by atoms with van der Waals surface area (Å²) in [5.41, 5.74) is 1.51. The molecule has 0 radical (unpaired) electrons. The van der Waals surface area contributed by atoms with Crippen molar-refractivity contribution in [2.24, 2.45) is 5.92 Å². The SMILES string of the molecule is CCOC(=O)C(F)C1CCN(c2cc(C)nc(-c3ccccn3)n2)C1. The van der Waals surface area contributed by atoms with Gasteiger partial charge in [0.1, 0.15) is 11.5 Å². The summed E-state index contributed by atoms with van der Waals surface area (Å²) in [6.07, 6.45) is 0.685. The molecular formula is C18H21FN4O2. The molecule has 7 heteroatoms. The third-order valence-electron chi connectivity index (χ3n) is 4.21. The number of esters is 1. The van der Waals surface area contributed by atoms with Gasteiger partial charge in [0.25, 0.3) is 0 Å². The number of anilines is 1. The minimum Gasteiger partial charge on any atom is -0.464 e. The molecule has 1 aliphatic rings. The van der Waals surface area contributed by atoms with E-state index in [0.717, 1.165) is 11.5 Å². The Bertz CT molecular complexity index is 741. The van der Waals surface area contributed by atoms with E-state index in [-0.39, 0.29) is 12.5 Å². The molecule has 0 bridgehead atoms. The minimum absolute atomic E-state index is 0.189. The molecule has 2 aromatic heterocycles. The van der Waals surface area contributed by atoms with Gasteiger partial charge in [-0.15, -0.1) is 0 Å². The van der Waals surface area contributed by atoms with Gasteiger partial charge in [-0.05, 0) is 32.4 Å². The van der Waals surface area contributed by atoms with Crippen LogP contribution in [0.1, 0.15) is 19.0 Å². The molecule has 25 heavy (non-hydrogen) atoms. The molecule has 2 aromatic rings. The maximum absolute atomic E-state index is 14.3. The van der Waals surface area contributed by atoms with Crippen LogP contribution in [0.25, 0.3) is 11.5 Å². The predicted molar refractivity (Wildman–Crippen MR) is 91.8 cm³/mol. The number of aryl methyl sites for hydroxylation is 1. The Hall–Kier alpha value is -2.57. The monoisotopic (exact) mass is 344 g/mol. The van der Waals surface area contributed by atoms with Gasteiger partial charge in [-0.3, -0.25) is 4.98 Å². The first kappa shape index (κ1) is 17.3. The molecule has 1 saturated heterocycles. The molecule has 2 unspecified atom stereocenters. The summed E-state index contributed by atoms with van der Waals surface area (Å²) in [5.74, 6) is 0.114. The van der Waals surface area contributed by atoms with Crippen LogP contribution in [0, 0.1) is 12.8 Å². The first-order valence-corrected chi connectivity index (χ1v) is 8.41. The number of hydrogen-bond acceptors (Lipinski definition) is 6. The van der Waals surface area contributed by atoms with Gasteiger partial charge in [0.15, 0.2) is 5.82 Å². The van der Waals surface area contributed by atoms with Gasteiger partial charge < -0.3 is 9.64 Å². The number of nitrogens with zero attached hydrogens (tertiary/aromatic N) is 4. The molecular weight excluding hydrogens is 323 g/mol. The number of ether oxygens (including phenoxy) is 1. The Balaban J connectivity index is 1.77. The van der Waals surface area contributed by atoms with E-state index in [0.29, 0.717) is 31.0 Å². The number of rotatable bonds is 5. The standard InChI is InChI=1S/C18H21FN4O2/c1-3-25-18(24)16(19)13-7-9-23(11-13)15-10-12(2)21-17(22-15)14-6-4-5-8-20-14/h4-6,8,10,13,16H,3,7,9,11H2,1-2H3. The molecule has 3 heterocycles. The fourth-order valence-electron chi connectivity index (χ4n) is 2.97. The predicted octanol–water partition coefficient (Wildman–Crippen LogP) is 2.57. The van der Waals surface area contributed by atoms with Gasteiger partial charge in [0.2, 0.25) is 6.17 Å². The van der Waals surface area contributed by atoms with Crippen LogP contribution in [-0.2, 0) is 9.53 Å². The van der Waals surface area contributed by atoms with E-state index in [9.17, 15) is 9.18 Å². The normalized spacial score (nSPS) is 18.2. The van der Waals surface area contributed by atoms with E-state index in [2.05, 4.69) is 15.0 Å². The van der Waals surface area contributed by atoms with E-state index in [1.807, 2.05) is 36.1 Å². The lowest BCUT2D eigenvalue weighted by molar-refractivity contribution is -0.150. The molecule has 2 atom stereocenters. The third-order valence-corrected chi connectivity index (χ3v) is 4.21. The third kappa shape index (κ3) is 3.92. The molecule has 0 saturated carbocycles. The fourth-order valence-corrected chi connectivity index (χ4v) is 2.97. The maximum Gasteiger partial charge on any atom is 0.341 e. The van der Waals surface area contributed by atoms with Crippen LogP contribution in [0.15, 0.2) is 30.5 Å². The van der Waals surface area contributed by atoms with Gasteiger partial charge in [0.05, 0.1) is 6.61 Å². The highest BCUT2D eigenvalue weighted by Gasteiger charge is 2.35. The van der Waals surface area contributed by atoms with Gasteiger partial charge in [-0.1, -0.05) is 6.07 Å². The lowest BCUT2D eigenvalue weighted by Gasteiger charge is -2.19. The first-order valence-electron chi connectivity index (χ1n) is 8.41. The van der Waals surface area contributed by atoms with Gasteiger partial charge in [-0.2, -0.15) is 0 Å². The second kappa shape index (κ2) is 7.55. The van der Waals surface area contributed by atoms with Crippen molar-refractivity contribution in [2.75, 3.05) is 24.6 Å². The second-order valence-corrected chi connectivity index (χ2v) is 6.05. The summed E-state index contributed by atoms with van der Waals surface area (Å²) < 4.78 is 19.0. The van der Waals surface area contributed by atoms with E-state index in [1.54, 1.807) is 13.1 Å². The first-order chi connectivity index (χ1) is 12.1. The largest absolute Gasteiger partial charge is 0.464 e. The summed E-state index contributed by atoms with van der Waals surface area (Å²) in [6, 6.07) is 7.44. The molecule has 132 valence electrons. The Morgan fingerprint density at radius 3 is 3.00 bits per heavy atom. The van der Waals surface area contributed by atoms with Gasteiger partial charge in [0, 0.05) is 37.0 Å². The molecule has 0 N–H and O–H groups in total. The van der Waals surface area contributed by atoms with Crippen LogP contribution < -0.4 is 4.90 Å². The number of pyridine rings is 1. The molecule has 6 nitrogen and oxygen atoms in total. The number of hydrogen-bond donors (Lipinski definition) is 0. The number of halogens is 1. The topological polar surface area (TPSA) is 68.2 Å². The van der Waals surface area contributed by atoms with E-state index >= 15 is 0 Å². The number of aromatic nitrogens is 3. The summed E-state index contributed by atoms with van der Waals surface area (Å²) in [5, 5.41) is 0.